The van der Waals surface area contributed by atoms with E-state index in [9.17, 15) is 9.59 Å². The number of rotatable bonds is 12. The summed E-state index contributed by atoms with van der Waals surface area (Å²) in [6.45, 7) is 13.8. The van der Waals surface area contributed by atoms with E-state index in [0.717, 1.165) is 12.0 Å². The molecule has 1 aromatic carbocycles. The van der Waals surface area contributed by atoms with E-state index in [1.165, 1.54) is 63.4 Å². The van der Waals surface area contributed by atoms with Gasteiger partial charge in [-0.3, -0.25) is 5.32 Å². The Bertz CT molecular complexity index is 1210. The third-order valence-electron chi connectivity index (χ3n) is 7.26. The monoisotopic (exact) mass is 611 g/mol. The molecule has 10 heteroatoms. The van der Waals surface area contributed by atoms with Gasteiger partial charge < -0.3 is 18.9 Å². The summed E-state index contributed by atoms with van der Waals surface area (Å²) in [6, 6.07) is 8.40. The molecule has 1 atom stereocenters. The van der Waals surface area contributed by atoms with Crippen molar-refractivity contribution >= 4 is 18.1 Å². The number of ether oxygens (including phenoxy) is 2. The van der Waals surface area contributed by atoms with Gasteiger partial charge in [0.25, 0.3) is 0 Å². The fraction of sp³-hybridized carbons (Fsp3) is 0.676. The first-order chi connectivity index (χ1) is 20.8. The van der Waals surface area contributed by atoms with Gasteiger partial charge >= 0.3 is 12.2 Å². The second kappa shape index (κ2) is 16.6. The van der Waals surface area contributed by atoms with Crippen LogP contribution in [0, 0.1) is 0 Å². The molecule has 0 saturated carbocycles. The SMILES string of the molecule is CCCCCCCCCCCc1ccc(-c2noc([C@@H]3CCN(C(=NC(=O)OC(C)(C)C)NC(=O)OC(C)(C)C)C3)n2)cc1. The summed E-state index contributed by atoms with van der Waals surface area (Å²) in [5.74, 6) is 1.03. The minimum absolute atomic E-state index is 0.0679. The molecule has 44 heavy (non-hydrogen) atoms. The summed E-state index contributed by atoms with van der Waals surface area (Å²) >= 11 is 0. The number of carbonyl (C=O) groups is 2. The van der Waals surface area contributed by atoms with Crippen LogP contribution in [0.25, 0.3) is 11.4 Å². The lowest BCUT2D eigenvalue weighted by Crippen LogP contribution is -2.45. The summed E-state index contributed by atoms with van der Waals surface area (Å²) < 4.78 is 16.4. The van der Waals surface area contributed by atoms with Crippen molar-refractivity contribution in [1.82, 2.24) is 20.4 Å². The topological polar surface area (TPSA) is 119 Å². The highest BCUT2D eigenvalue weighted by Gasteiger charge is 2.32. The van der Waals surface area contributed by atoms with Crippen LogP contribution >= 0.6 is 0 Å². The third-order valence-corrected chi connectivity index (χ3v) is 7.26. The minimum atomic E-state index is -0.798. The zero-order valence-electron chi connectivity index (χ0n) is 27.9. The molecule has 1 fully saturated rings. The number of hydrogen-bond donors (Lipinski definition) is 1. The molecule has 2 aromatic rings. The number of nitrogens with one attached hydrogen (secondary N) is 1. The Balaban J connectivity index is 1.55. The lowest BCUT2D eigenvalue weighted by Gasteiger charge is -2.24. The molecule has 3 rings (SSSR count). The van der Waals surface area contributed by atoms with Gasteiger partial charge in [0, 0.05) is 18.7 Å². The molecular formula is C34H53N5O5. The van der Waals surface area contributed by atoms with Gasteiger partial charge in [0.1, 0.15) is 11.2 Å². The number of carbonyl (C=O) groups excluding carboxylic acids is 2. The molecule has 0 radical (unpaired) electrons. The van der Waals surface area contributed by atoms with Gasteiger partial charge in [0.2, 0.25) is 17.7 Å². The summed E-state index contributed by atoms with van der Waals surface area (Å²) in [5, 5.41) is 6.85. The zero-order valence-corrected chi connectivity index (χ0v) is 27.9. The van der Waals surface area contributed by atoms with Crippen LogP contribution < -0.4 is 5.32 Å². The average molecular weight is 612 g/mol. The number of likely N-dealkylation sites (tertiary alicyclic amines) is 1. The number of amides is 2. The highest BCUT2D eigenvalue weighted by molar-refractivity contribution is 5.99. The first-order valence-corrected chi connectivity index (χ1v) is 16.3. The number of aliphatic imine (C=N–C) groups is 1. The number of hydrogen-bond acceptors (Lipinski definition) is 7. The zero-order chi connectivity index (χ0) is 32.2. The van der Waals surface area contributed by atoms with Gasteiger partial charge in [0.05, 0.1) is 5.92 Å². The maximum Gasteiger partial charge on any atom is 0.437 e. The summed E-state index contributed by atoms with van der Waals surface area (Å²) in [5.41, 5.74) is 0.794. The summed E-state index contributed by atoms with van der Waals surface area (Å²) in [6.07, 6.45) is 12.2. The Morgan fingerprint density at radius 3 is 2.16 bits per heavy atom. The van der Waals surface area contributed by atoms with Crippen LogP contribution in [0.15, 0.2) is 33.8 Å². The first-order valence-electron chi connectivity index (χ1n) is 16.3. The number of aromatic nitrogens is 2. The Labute approximate surface area is 263 Å². The van der Waals surface area contributed by atoms with Gasteiger partial charge in [-0.15, -0.1) is 4.99 Å². The highest BCUT2D eigenvalue weighted by atomic mass is 16.6. The summed E-state index contributed by atoms with van der Waals surface area (Å²) in [7, 11) is 0. The molecule has 2 amide bonds. The average Bonchev–Trinajstić information content (AvgIpc) is 3.60. The van der Waals surface area contributed by atoms with E-state index in [1.54, 1.807) is 46.4 Å². The van der Waals surface area contributed by atoms with E-state index < -0.39 is 23.4 Å². The van der Waals surface area contributed by atoms with Crippen LogP contribution in [0.5, 0.6) is 0 Å². The Kier molecular flexibility index (Phi) is 13.2. The van der Waals surface area contributed by atoms with E-state index in [4.69, 9.17) is 14.0 Å². The van der Waals surface area contributed by atoms with Crippen molar-refractivity contribution in [2.75, 3.05) is 13.1 Å². The second-order valence-corrected chi connectivity index (χ2v) is 13.7. The van der Waals surface area contributed by atoms with Crippen LogP contribution in [0.2, 0.25) is 0 Å². The van der Waals surface area contributed by atoms with Crippen molar-refractivity contribution in [3.8, 4) is 11.4 Å². The fourth-order valence-electron chi connectivity index (χ4n) is 5.08. The maximum absolute atomic E-state index is 12.5. The maximum atomic E-state index is 12.5. The Morgan fingerprint density at radius 2 is 1.55 bits per heavy atom. The molecule has 1 N–H and O–H groups in total. The van der Waals surface area contributed by atoms with Gasteiger partial charge in [-0.1, -0.05) is 87.7 Å². The quantitative estimate of drug-likeness (QED) is 0.144. The molecule has 2 heterocycles. The number of guanidine groups is 1. The van der Waals surface area contributed by atoms with Gasteiger partial charge in [0.15, 0.2) is 0 Å². The Hall–Kier alpha value is -3.43. The van der Waals surface area contributed by atoms with Gasteiger partial charge in [-0.2, -0.15) is 4.98 Å². The van der Waals surface area contributed by atoms with Crippen LogP contribution in [-0.2, 0) is 15.9 Å². The number of unbranched alkanes of at least 4 members (excludes halogenated alkanes) is 8. The minimum Gasteiger partial charge on any atom is -0.444 e. The smallest absolute Gasteiger partial charge is 0.437 e. The highest BCUT2D eigenvalue weighted by Crippen LogP contribution is 2.28. The largest absolute Gasteiger partial charge is 0.444 e. The van der Waals surface area contributed by atoms with Crippen LogP contribution in [0.4, 0.5) is 9.59 Å². The van der Waals surface area contributed by atoms with Crippen molar-refractivity contribution in [2.45, 2.75) is 136 Å². The molecule has 0 bridgehead atoms. The fourth-order valence-corrected chi connectivity index (χ4v) is 5.08. The number of nitrogens with zero attached hydrogens (tertiary/aromatic N) is 4. The lowest BCUT2D eigenvalue weighted by molar-refractivity contribution is 0.0555. The van der Waals surface area contributed by atoms with E-state index in [1.807, 2.05) is 0 Å². The predicted molar refractivity (Wildman–Crippen MR) is 173 cm³/mol. The van der Waals surface area contributed by atoms with Crippen LogP contribution in [-0.4, -0.2) is 57.5 Å². The third kappa shape index (κ3) is 12.7. The molecule has 0 aliphatic carbocycles. The van der Waals surface area contributed by atoms with Crippen LogP contribution in [0.1, 0.15) is 130 Å². The van der Waals surface area contributed by atoms with Gasteiger partial charge in [-0.25, -0.2) is 9.59 Å². The van der Waals surface area contributed by atoms with E-state index in [-0.39, 0.29) is 11.9 Å². The van der Waals surface area contributed by atoms with Crippen molar-refractivity contribution in [2.24, 2.45) is 4.99 Å². The van der Waals surface area contributed by atoms with Crippen molar-refractivity contribution in [3.63, 3.8) is 0 Å². The number of alkyl carbamates (subject to hydrolysis) is 1. The van der Waals surface area contributed by atoms with E-state index in [0.29, 0.717) is 31.2 Å². The van der Waals surface area contributed by atoms with E-state index in [2.05, 4.69) is 51.6 Å². The molecule has 10 nitrogen and oxygen atoms in total. The van der Waals surface area contributed by atoms with Crippen molar-refractivity contribution in [3.05, 3.63) is 35.7 Å². The molecule has 0 unspecified atom stereocenters. The van der Waals surface area contributed by atoms with Crippen molar-refractivity contribution in [1.29, 1.82) is 0 Å². The van der Waals surface area contributed by atoms with E-state index >= 15 is 0 Å². The molecule has 1 saturated heterocycles. The normalized spacial score (nSPS) is 15.8. The standard InChI is InChI=1S/C34H53N5O5/c1-8-9-10-11-12-13-14-15-16-17-25-18-20-26(21-19-25)28-35-29(44-38-28)27-22-23-39(24-27)30(36-31(40)42-33(2,3)4)37-32(41)43-34(5,6)7/h18-21,27H,8-17,22-24H2,1-7H3,(H,36,37,40,41)/t27-/m1/s1. The molecule has 1 aromatic heterocycles. The summed E-state index contributed by atoms with van der Waals surface area (Å²) in [4.78, 5) is 35.6. The molecule has 1 aliphatic rings. The van der Waals surface area contributed by atoms with Gasteiger partial charge in [-0.05, 0) is 66.4 Å². The predicted octanol–water partition coefficient (Wildman–Crippen LogP) is 8.42. The number of benzene rings is 1. The first kappa shape index (κ1) is 35.1. The Morgan fingerprint density at radius 1 is 0.932 bits per heavy atom. The molecule has 1 aliphatic heterocycles. The van der Waals surface area contributed by atoms with Crippen molar-refractivity contribution < 1.29 is 23.6 Å². The lowest BCUT2D eigenvalue weighted by atomic mass is 10.0. The molecule has 244 valence electrons. The molecule has 0 spiro atoms. The van der Waals surface area contributed by atoms with Crippen LogP contribution in [0.3, 0.4) is 0 Å². The number of aryl methyl sites for hydroxylation is 1. The molecular weight excluding hydrogens is 558 g/mol. The second-order valence-electron chi connectivity index (χ2n) is 13.7.